The first-order valence-electron chi connectivity index (χ1n) is 13.4. The quantitative estimate of drug-likeness (QED) is 0.286. The Kier molecular flexibility index (Phi) is 9.96. The summed E-state index contributed by atoms with van der Waals surface area (Å²) in [5, 5.41) is 20.1. The van der Waals surface area contributed by atoms with Crippen LogP contribution in [0.3, 0.4) is 0 Å². The van der Waals surface area contributed by atoms with E-state index >= 15 is 0 Å². The molecule has 41 heavy (non-hydrogen) atoms. The SMILES string of the molecule is Cc1ccccc1CNC(=O)[C@H]1N(C(=O)[C@@H](O)[C@H](Cc2ccccc2)NC(=O)Nc2ccccc2Cl)CSC1(C)C. The number of aliphatic hydroxyl groups excluding tert-OH is 1. The molecule has 1 aliphatic heterocycles. The number of benzene rings is 3. The van der Waals surface area contributed by atoms with Crippen molar-refractivity contribution in [2.45, 2.75) is 56.7 Å². The van der Waals surface area contributed by atoms with Gasteiger partial charge in [0, 0.05) is 11.3 Å². The fourth-order valence-electron chi connectivity index (χ4n) is 4.84. The minimum absolute atomic E-state index is 0.193. The van der Waals surface area contributed by atoms with Gasteiger partial charge in [0.25, 0.3) is 5.91 Å². The Morgan fingerprint density at radius 3 is 2.39 bits per heavy atom. The molecule has 1 saturated heterocycles. The minimum Gasteiger partial charge on any atom is -0.381 e. The van der Waals surface area contributed by atoms with Gasteiger partial charge in [0.15, 0.2) is 6.10 Å². The number of nitrogens with zero attached hydrogens (tertiary/aromatic N) is 1. The third kappa shape index (κ3) is 7.61. The molecule has 0 radical (unpaired) electrons. The minimum atomic E-state index is -1.60. The van der Waals surface area contributed by atoms with E-state index in [-0.39, 0.29) is 18.2 Å². The molecule has 0 bridgehead atoms. The van der Waals surface area contributed by atoms with Gasteiger partial charge in [-0.2, -0.15) is 0 Å². The van der Waals surface area contributed by atoms with Crippen molar-refractivity contribution in [3.63, 3.8) is 0 Å². The lowest BCUT2D eigenvalue weighted by atomic mass is 9.97. The summed E-state index contributed by atoms with van der Waals surface area (Å²) in [7, 11) is 0. The van der Waals surface area contributed by atoms with E-state index in [1.54, 1.807) is 24.3 Å². The lowest BCUT2D eigenvalue weighted by Gasteiger charge is -2.33. The smallest absolute Gasteiger partial charge is 0.319 e. The molecular formula is C31H35ClN4O4S. The van der Waals surface area contributed by atoms with Crippen molar-refractivity contribution in [3.05, 3.63) is 101 Å². The molecule has 0 unspecified atom stereocenters. The predicted molar refractivity (Wildman–Crippen MR) is 164 cm³/mol. The fraction of sp³-hybridized carbons (Fsp3) is 0.323. The van der Waals surface area contributed by atoms with Gasteiger partial charge in [-0.1, -0.05) is 78.3 Å². The van der Waals surface area contributed by atoms with Crippen LogP contribution in [-0.2, 0) is 22.6 Å². The van der Waals surface area contributed by atoms with Crippen molar-refractivity contribution in [1.82, 2.24) is 15.5 Å². The van der Waals surface area contributed by atoms with Crippen LogP contribution in [0.25, 0.3) is 0 Å². The Hall–Kier alpha value is -3.53. The van der Waals surface area contributed by atoms with E-state index in [9.17, 15) is 19.5 Å². The molecule has 1 aliphatic rings. The van der Waals surface area contributed by atoms with Crippen molar-refractivity contribution in [1.29, 1.82) is 0 Å². The largest absolute Gasteiger partial charge is 0.381 e. The number of nitrogens with one attached hydrogen (secondary N) is 3. The van der Waals surface area contributed by atoms with Gasteiger partial charge in [0.1, 0.15) is 6.04 Å². The van der Waals surface area contributed by atoms with E-state index < -0.39 is 34.9 Å². The molecule has 0 aromatic heterocycles. The molecule has 10 heteroatoms. The van der Waals surface area contributed by atoms with Gasteiger partial charge in [-0.05, 0) is 56.0 Å². The van der Waals surface area contributed by atoms with E-state index in [0.29, 0.717) is 17.3 Å². The Bertz CT molecular complexity index is 1390. The summed E-state index contributed by atoms with van der Waals surface area (Å²) >= 11 is 7.65. The maximum absolute atomic E-state index is 13.8. The number of rotatable bonds is 9. The van der Waals surface area contributed by atoms with Crippen molar-refractivity contribution in [2.75, 3.05) is 11.2 Å². The molecule has 8 nitrogen and oxygen atoms in total. The monoisotopic (exact) mass is 594 g/mol. The van der Waals surface area contributed by atoms with Crippen molar-refractivity contribution >= 4 is 46.9 Å². The zero-order chi connectivity index (χ0) is 29.6. The molecule has 3 aromatic rings. The maximum Gasteiger partial charge on any atom is 0.319 e. The first-order chi connectivity index (χ1) is 19.6. The number of hydrogen-bond donors (Lipinski definition) is 4. The highest BCUT2D eigenvalue weighted by molar-refractivity contribution is 8.00. The zero-order valence-corrected chi connectivity index (χ0v) is 24.8. The summed E-state index contributed by atoms with van der Waals surface area (Å²) < 4.78 is -0.588. The van der Waals surface area contributed by atoms with Gasteiger partial charge in [-0.25, -0.2) is 4.79 Å². The number of para-hydroxylation sites is 1. The van der Waals surface area contributed by atoms with E-state index in [0.717, 1.165) is 16.7 Å². The Morgan fingerprint density at radius 2 is 1.68 bits per heavy atom. The maximum atomic E-state index is 13.8. The zero-order valence-electron chi connectivity index (χ0n) is 23.3. The lowest BCUT2D eigenvalue weighted by molar-refractivity contribution is -0.147. The summed E-state index contributed by atoms with van der Waals surface area (Å²) in [5.74, 6) is -0.694. The van der Waals surface area contributed by atoms with Crippen LogP contribution in [0.5, 0.6) is 0 Å². The number of aryl methyl sites for hydroxylation is 1. The van der Waals surface area contributed by atoms with E-state index in [4.69, 9.17) is 11.6 Å². The molecule has 3 atom stereocenters. The van der Waals surface area contributed by atoms with Crippen LogP contribution in [0, 0.1) is 6.92 Å². The fourth-order valence-corrected chi connectivity index (χ4v) is 6.16. The third-order valence-electron chi connectivity index (χ3n) is 7.16. The second-order valence-electron chi connectivity index (χ2n) is 10.6. The topological polar surface area (TPSA) is 111 Å². The third-order valence-corrected chi connectivity index (χ3v) is 8.87. The number of hydrogen-bond acceptors (Lipinski definition) is 5. The Labute approximate surface area is 249 Å². The molecule has 216 valence electrons. The number of amides is 4. The average Bonchev–Trinajstić information content (AvgIpc) is 3.27. The highest BCUT2D eigenvalue weighted by Crippen LogP contribution is 2.40. The van der Waals surface area contributed by atoms with Gasteiger partial charge < -0.3 is 26.0 Å². The second kappa shape index (κ2) is 13.4. The van der Waals surface area contributed by atoms with Crippen molar-refractivity contribution < 1.29 is 19.5 Å². The molecule has 3 aromatic carbocycles. The first kappa shape index (κ1) is 30.4. The van der Waals surface area contributed by atoms with Crippen molar-refractivity contribution in [3.8, 4) is 0 Å². The molecule has 1 heterocycles. The standard InChI is InChI=1S/C31H35ClN4O4S/c1-20-11-7-8-14-22(20)18-33-28(38)27-31(2,3)41-19-36(27)29(39)26(37)25(17-21-12-5-4-6-13-21)35-30(40)34-24-16-10-9-15-23(24)32/h4-16,25-27,37H,17-19H2,1-3H3,(H,33,38)(H2,34,35,40)/t25-,26-,27+/m0/s1. The van der Waals surface area contributed by atoms with Crippen LogP contribution in [0.15, 0.2) is 78.9 Å². The molecule has 4 N–H and O–H groups in total. The van der Waals surface area contributed by atoms with Crippen LogP contribution in [-0.4, -0.2) is 56.7 Å². The van der Waals surface area contributed by atoms with Gasteiger partial charge in [0.05, 0.1) is 22.6 Å². The number of thioether (sulfide) groups is 1. The number of aliphatic hydroxyl groups is 1. The summed E-state index contributed by atoms with van der Waals surface area (Å²) in [5.41, 5.74) is 3.26. The van der Waals surface area contributed by atoms with Crippen LogP contribution in [0.4, 0.5) is 10.5 Å². The summed E-state index contributed by atoms with van der Waals surface area (Å²) in [6.07, 6.45) is -1.41. The molecule has 4 amide bonds. The van der Waals surface area contributed by atoms with Gasteiger partial charge in [-0.15, -0.1) is 11.8 Å². The average molecular weight is 595 g/mol. The van der Waals surface area contributed by atoms with E-state index in [1.165, 1.54) is 16.7 Å². The second-order valence-corrected chi connectivity index (χ2v) is 12.6. The summed E-state index contributed by atoms with van der Waals surface area (Å²) in [4.78, 5) is 41.6. The Morgan fingerprint density at radius 1 is 1.02 bits per heavy atom. The number of carbonyl (C=O) groups is 3. The molecule has 0 saturated carbocycles. The number of anilines is 1. The molecular weight excluding hydrogens is 560 g/mol. The number of carbonyl (C=O) groups excluding carboxylic acids is 3. The first-order valence-corrected chi connectivity index (χ1v) is 14.7. The molecule has 0 aliphatic carbocycles. The highest BCUT2D eigenvalue weighted by Gasteiger charge is 2.49. The van der Waals surface area contributed by atoms with E-state index in [2.05, 4.69) is 16.0 Å². The molecule has 4 rings (SSSR count). The van der Waals surface area contributed by atoms with Gasteiger partial charge in [-0.3, -0.25) is 9.59 Å². The van der Waals surface area contributed by atoms with Crippen LogP contribution in [0.1, 0.15) is 30.5 Å². The summed E-state index contributed by atoms with van der Waals surface area (Å²) in [6.45, 7) is 6.12. The Balaban J connectivity index is 1.52. The van der Waals surface area contributed by atoms with Crippen LogP contribution >= 0.6 is 23.4 Å². The lowest BCUT2D eigenvalue weighted by Crippen LogP contribution is -2.59. The number of urea groups is 1. The predicted octanol–water partition coefficient (Wildman–Crippen LogP) is 4.74. The molecule has 0 spiro atoms. The van der Waals surface area contributed by atoms with Crippen LogP contribution in [0.2, 0.25) is 5.02 Å². The van der Waals surface area contributed by atoms with Crippen LogP contribution < -0.4 is 16.0 Å². The highest BCUT2D eigenvalue weighted by atomic mass is 35.5. The number of halogens is 1. The summed E-state index contributed by atoms with van der Waals surface area (Å²) in [6, 6.07) is 21.4. The van der Waals surface area contributed by atoms with Gasteiger partial charge in [0.2, 0.25) is 5.91 Å². The molecule has 1 fully saturated rings. The normalized spacial score (nSPS) is 17.4. The van der Waals surface area contributed by atoms with E-state index in [1.807, 2.05) is 75.4 Å². The van der Waals surface area contributed by atoms with Crippen molar-refractivity contribution in [2.24, 2.45) is 0 Å². The van der Waals surface area contributed by atoms with Gasteiger partial charge >= 0.3 is 6.03 Å².